The van der Waals surface area contributed by atoms with Gasteiger partial charge in [-0.05, 0) is 36.8 Å². The van der Waals surface area contributed by atoms with Crippen molar-refractivity contribution in [3.05, 3.63) is 17.8 Å². The molecule has 0 radical (unpaired) electrons. The zero-order valence-corrected chi connectivity index (χ0v) is 15.0. The van der Waals surface area contributed by atoms with Crippen molar-refractivity contribution < 1.29 is 9.53 Å². The van der Waals surface area contributed by atoms with Gasteiger partial charge in [-0.2, -0.15) is 0 Å². The maximum atomic E-state index is 12.4. The van der Waals surface area contributed by atoms with Crippen LogP contribution in [-0.4, -0.2) is 54.8 Å². The van der Waals surface area contributed by atoms with Crippen molar-refractivity contribution in [2.75, 3.05) is 43.1 Å². The summed E-state index contributed by atoms with van der Waals surface area (Å²) in [5.74, 6) is 1.93. The average molecular weight is 344 g/mol. The van der Waals surface area contributed by atoms with Gasteiger partial charge in [0.05, 0.1) is 25.3 Å². The van der Waals surface area contributed by atoms with E-state index >= 15 is 0 Å². The molecule has 6 nitrogen and oxygen atoms in total. The number of rotatable bonds is 6. The Morgan fingerprint density at radius 1 is 1.36 bits per heavy atom. The highest BCUT2D eigenvalue weighted by Gasteiger charge is 2.36. The van der Waals surface area contributed by atoms with E-state index in [1.54, 1.807) is 0 Å². The molecular weight excluding hydrogens is 316 g/mol. The zero-order chi connectivity index (χ0) is 17.2. The van der Waals surface area contributed by atoms with Gasteiger partial charge in [-0.25, -0.2) is 4.98 Å². The molecule has 1 N–H and O–H groups in total. The first kappa shape index (κ1) is 16.6. The Morgan fingerprint density at radius 2 is 2.24 bits per heavy atom. The van der Waals surface area contributed by atoms with Gasteiger partial charge in [0.15, 0.2) is 5.82 Å². The van der Waals surface area contributed by atoms with E-state index in [-0.39, 0.29) is 12.1 Å². The molecule has 2 fully saturated rings. The van der Waals surface area contributed by atoms with Crippen molar-refractivity contribution in [2.45, 2.75) is 51.1 Å². The fourth-order valence-electron chi connectivity index (χ4n) is 3.90. The van der Waals surface area contributed by atoms with E-state index in [2.05, 4.69) is 29.4 Å². The lowest BCUT2D eigenvalue weighted by Crippen LogP contribution is -2.55. The number of ether oxygens (including phenoxy) is 1. The minimum absolute atomic E-state index is 0.147. The molecule has 4 rings (SSSR count). The number of nitrogens with zero attached hydrogens (tertiary/aromatic N) is 3. The summed E-state index contributed by atoms with van der Waals surface area (Å²) in [7, 11) is 0. The first-order valence-electron chi connectivity index (χ1n) is 9.65. The van der Waals surface area contributed by atoms with Crippen molar-refractivity contribution in [2.24, 2.45) is 0 Å². The number of nitrogens with one attached hydrogen (secondary N) is 1. The first-order chi connectivity index (χ1) is 12.3. The van der Waals surface area contributed by atoms with Gasteiger partial charge < -0.3 is 19.9 Å². The van der Waals surface area contributed by atoms with Crippen molar-refractivity contribution >= 4 is 17.4 Å². The quantitative estimate of drug-likeness (QED) is 0.804. The van der Waals surface area contributed by atoms with Crippen LogP contribution in [0.25, 0.3) is 0 Å². The van der Waals surface area contributed by atoms with Crippen LogP contribution in [-0.2, 0) is 9.53 Å². The van der Waals surface area contributed by atoms with E-state index in [1.165, 1.54) is 24.8 Å². The number of fused-ring (bicyclic) bond motifs is 3. The molecule has 25 heavy (non-hydrogen) atoms. The van der Waals surface area contributed by atoms with Crippen LogP contribution in [0.1, 0.15) is 50.5 Å². The molecule has 0 aromatic carbocycles. The fourth-order valence-corrected chi connectivity index (χ4v) is 3.90. The van der Waals surface area contributed by atoms with E-state index in [1.807, 2.05) is 4.90 Å². The molecule has 0 spiro atoms. The first-order valence-corrected chi connectivity index (χ1v) is 9.65. The molecule has 1 aliphatic carbocycles. The van der Waals surface area contributed by atoms with Crippen LogP contribution in [0.2, 0.25) is 0 Å². The highest BCUT2D eigenvalue weighted by Crippen LogP contribution is 2.41. The minimum Gasteiger partial charge on any atom is -0.381 e. The molecule has 3 heterocycles. The lowest BCUT2D eigenvalue weighted by Gasteiger charge is -2.38. The summed E-state index contributed by atoms with van der Waals surface area (Å²) in [4.78, 5) is 21.4. The van der Waals surface area contributed by atoms with Gasteiger partial charge >= 0.3 is 0 Å². The molecule has 1 amide bonds. The number of anilines is 2. The third-order valence-corrected chi connectivity index (χ3v) is 5.60. The molecule has 2 aliphatic heterocycles. The summed E-state index contributed by atoms with van der Waals surface area (Å²) in [6.07, 6.45) is 7.58. The fraction of sp³-hybridized carbons (Fsp3) is 0.684. The van der Waals surface area contributed by atoms with E-state index in [0.717, 1.165) is 37.6 Å². The summed E-state index contributed by atoms with van der Waals surface area (Å²) in [5, 5.41) is 3.58. The monoisotopic (exact) mass is 344 g/mol. The number of piperazine rings is 1. The SMILES string of the molecule is CCCOCCC(=O)N1CCN2c3ncc(C4CCC4)cc3NC2C1. The lowest BCUT2D eigenvalue weighted by molar-refractivity contribution is -0.133. The Kier molecular flexibility index (Phi) is 4.79. The van der Waals surface area contributed by atoms with Crippen LogP contribution >= 0.6 is 0 Å². The van der Waals surface area contributed by atoms with Crippen molar-refractivity contribution in [3.63, 3.8) is 0 Å². The molecule has 6 heteroatoms. The highest BCUT2D eigenvalue weighted by atomic mass is 16.5. The maximum Gasteiger partial charge on any atom is 0.225 e. The minimum atomic E-state index is 0.147. The van der Waals surface area contributed by atoms with Gasteiger partial charge in [-0.15, -0.1) is 0 Å². The standard InChI is InChI=1S/C19H28N4O2/c1-2-9-25-10-6-18(24)22-7-8-23-17(13-22)21-16-11-15(12-20-19(16)23)14-4-3-5-14/h11-12,14,17,21H,2-10,13H2,1H3. The van der Waals surface area contributed by atoms with E-state index in [4.69, 9.17) is 9.72 Å². The van der Waals surface area contributed by atoms with Gasteiger partial charge in [0, 0.05) is 25.9 Å². The van der Waals surface area contributed by atoms with Crippen LogP contribution in [0.5, 0.6) is 0 Å². The maximum absolute atomic E-state index is 12.4. The van der Waals surface area contributed by atoms with Gasteiger partial charge in [0.1, 0.15) is 6.17 Å². The summed E-state index contributed by atoms with van der Waals surface area (Å²) in [6.45, 7) is 5.64. The number of carbonyl (C=O) groups is 1. The third-order valence-electron chi connectivity index (χ3n) is 5.60. The second-order valence-corrected chi connectivity index (χ2v) is 7.32. The van der Waals surface area contributed by atoms with E-state index in [9.17, 15) is 4.79 Å². The number of hydrogen-bond acceptors (Lipinski definition) is 5. The molecule has 1 aromatic heterocycles. The van der Waals surface area contributed by atoms with Crippen LogP contribution < -0.4 is 10.2 Å². The summed E-state index contributed by atoms with van der Waals surface area (Å²) < 4.78 is 5.45. The number of carbonyl (C=O) groups excluding carboxylic acids is 1. The summed E-state index contributed by atoms with van der Waals surface area (Å²) in [5.41, 5.74) is 2.49. The van der Waals surface area contributed by atoms with Crippen LogP contribution in [0.4, 0.5) is 11.5 Å². The van der Waals surface area contributed by atoms with Gasteiger partial charge in [-0.1, -0.05) is 13.3 Å². The predicted octanol–water partition coefficient (Wildman–Crippen LogP) is 2.57. The second kappa shape index (κ2) is 7.20. The summed E-state index contributed by atoms with van der Waals surface area (Å²) in [6, 6.07) is 2.27. The Labute approximate surface area is 149 Å². The van der Waals surface area contributed by atoms with Gasteiger partial charge in [0.25, 0.3) is 0 Å². The smallest absolute Gasteiger partial charge is 0.225 e. The largest absolute Gasteiger partial charge is 0.381 e. The summed E-state index contributed by atoms with van der Waals surface area (Å²) >= 11 is 0. The molecule has 3 aliphatic rings. The molecule has 1 unspecified atom stereocenters. The molecule has 0 bridgehead atoms. The van der Waals surface area contributed by atoms with Crippen molar-refractivity contribution in [1.82, 2.24) is 9.88 Å². The Morgan fingerprint density at radius 3 is 3.00 bits per heavy atom. The number of hydrogen-bond donors (Lipinski definition) is 1. The van der Waals surface area contributed by atoms with E-state index in [0.29, 0.717) is 25.5 Å². The molecule has 1 saturated carbocycles. The Hall–Kier alpha value is -1.82. The average Bonchev–Trinajstić information content (AvgIpc) is 2.93. The molecule has 136 valence electrons. The third kappa shape index (κ3) is 3.32. The molecular formula is C19H28N4O2. The number of amides is 1. The van der Waals surface area contributed by atoms with Crippen LogP contribution in [0, 0.1) is 0 Å². The number of aromatic nitrogens is 1. The highest BCUT2D eigenvalue weighted by molar-refractivity contribution is 5.78. The van der Waals surface area contributed by atoms with Crippen molar-refractivity contribution in [3.8, 4) is 0 Å². The van der Waals surface area contributed by atoms with Crippen LogP contribution in [0.3, 0.4) is 0 Å². The second-order valence-electron chi connectivity index (χ2n) is 7.32. The lowest BCUT2D eigenvalue weighted by atomic mass is 9.80. The molecule has 1 aromatic rings. The van der Waals surface area contributed by atoms with Gasteiger partial charge in [-0.3, -0.25) is 4.79 Å². The normalized spacial score (nSPS) is 22.2. The Bertz CT molecular complexity index is 632. The number of pyridine rings is 1. The zero-order valence-electron chi connectivity index (χ0n) is 15.0. The predicted molar refractivity (Wildman–Crippen MR) is 97.9 cm³/mol. The van der Waals surface area contributed by atoms with Crippen molar-refractivity contribution in [1.29, 1.82) is 0 Å². The molecule has 1 atom stereocenters. The topological polar surface area (TPSA) is 57.7 Å². The molecule has 1 saturated heterocycles. The Balaban J connectivity index is 1.36. The van der Waals surface area contributed by atoms with E-state index < -0.39 is 0 Å². The van der Waals surface area contributed by atoms with Crippen LogP contribution in [0.15, 0.2) is 12.3 Å². The van der Waals surface area contributed by atoms with Gasteiger partial charge in [0.2, 0.25) is 5.91 Å².